The van der Waals surface area contributed by atoms with Crippen molar-refractivity contribution in [2.75, 3.05) is 31.6 Å². The van der Waals surface area contributed by atoms with E-state index in [0.717, 1.165) is 5.69 Å². The zero-order valence-corrected chi connectivity index (χ0v) is 15.6. The van der Waals surface area contributed by atoms with Crippen LogP contribution >= 0.6 is 0 Å². The molecule has 1 unspecified atom stereocenters. The zero-order chi connectivity index (χ0) is 18.7. The van der Waals surface area contributed by atoms with Crippen LogP contribution in [0.2, 0.25) is 0 Å². The van der Waals surface area contributed by atoms with Gasteiger partial charge in [-0.3, -0.25) is 4.79 Å². The number of hydrogen-bond acceptors (Lipinski definition) is 4. The van der Waals surface area contributed by atoms with E-state index >= 15 is 0 Å². The van der Waals surface area contributed by atoms with Gasteiger partial charge in [0.1, 0.15) is 0 Å². The van der Waals surface area contributed by atoms with Gasteiger partial charge in [0.25, 0.3) is 5.91 Å². The fraction of sp³-hybridized carbons (Fsp3) is 0.316. The van der Waals surface area contributed by atoms with Gasteiger partial charge in [-0.05, 0) is 43.3 Å². The second-order valence-electron chi connectivity index (χ2n) is 6.27. The number of nitrogens with zero attached hydrogens (tertiary/aromatic N) is 2. The van der Waals surface area contributed by atoms with Gasteiger partial charge < -0.3 is 9.64 Å². The van der Waals surface area contributed by atoms with Crippen molar-refractivity contribution in [1.29, 1.82) is 0 Å². The summed E-state index contributed by atoms with van der Waals surface area (Å²) in [6.45, 7) is 2.91. The highest BCUT2D eigenvalue weighted by atomic mass is 32.2. The Hall–Kier alpha value is -2.22. The smallest absolute Gasteiger partial charge is 0.258 e. The van der Waals surface area contributed by atoms with Crippen LogP contribution in [0.4, 0.5) is 5.69 Å². The van der Waals surface area contributed by atoms with Crippen LogP contribution in [0, 0.1) is 0 Å². The molecular formula is C19H22N2O4S. The number of sulfonamides is 1. The molecule has 0 aliphatic carbocycles. The number of amides is 1. The molecule has 6 nitrogen and oxygen atoms in total. The molecule has 1 atom stereocenters. The summed E-state index contributed by atoms with van der Waals surface area (Å²) in [4.78, 5) is 14.3. The molecule has 138 valence electrons. The van der Waals surface area contributed by atoms with Gasteiger partial charge >= 0.3 is 0 Å². The summed E-state index contributed by atoms with van der Waals surface area (Å²) in [5, 5.41) is 0. The van der Waals surface area contributed by atoms with Crippen molar-refractivity contribution < 1.29 is 17.9 Å². The van der Waals surface area contributed by atoms with Gasteiger partial charge in [0, 0.05) is 31.4 Å². The average Bonchev–Trinajstić information content (AvgIpc) is 2.67. The van der Waals surface area contributed by atoms with Gasteiger partial charge in [0.2, 0.25) is 10.0 Å². The summed E-state index contributed by atoms with van der Waals surface area (Å²) >= 11 is 0. The van der Waals surface area contributed by atoms with E-state index in [1.165, 1.54) is 21.3 Å². The standard InChI is InChI=1S/C19H22N2O4S/c1-15-14-21(12-13-25-15)26(23,24)18-10-8-16(9-11-18)19(22)20(2)17-6-4-3-5-7-17/h3-11,15H,12-14H2,1-2H3. The number of para-hydroxylation sites is 1. The first-order valence-corrected chi connectivity index (χ1v) is 9.88. The molecule has 0 saturated carbocycles. The lowest BCUT2D eigenvalue weighted by molar-refractivity contribution is 0.0102. The highest BCUT2D eigenvalue weighted by Crippen LogP contribution is 2.21. The maximum absolute atomic E-state index is 12.7. The number of ether oxygens (including phenoxy) is 1. The first-order chi connectivity index (χ1) is 12.4. The normalized spacial score (nSPS) is 18.5. The number of carbonyl (C=O) groups excluding carboxylic acids is 1. The molecule has 0 bridgehead atoms. The van der Waals surface area contributed by atoms with Crippen LogP contribution in [-0.2, 0) is 14.8 Å². The molecule has 1 fully saturated rings. The molecule has 3 rings (SSSR count). The average molecular weight is 374 g/mol. The van der Waals surface area contributed by atoms with E-state index in [1.54, 1.807) is 19.2 Å². The summed E-state index contributed by atoms with van der Waals surface area (Å²) in [6.07, 6.45) is -0.126. The van der Waals surface area contributed by atoms with E-state index < -0.39 is 10.0 Å². The van der Waals surface area contributed by atoms with Crippen LogP contribution in [0.1, 0.15) is 17.3 Å². The molecule has 1 heterocycles. The van der Waals surface area contributed by atoms with Crippen LogP contribution in [0.5, 0.6) is 0 Å². The Kier molecular flexibility index (Phi) is 5.41. The Labute approximate surface area is 154 Å². The number of benzene rings is 2. The molecule has 1 aliphatic rings. The van der Waals surface area contributed by atoms with E-state index in [9.17, 15) is 13.2 Å². The molecule has 1 aliphatic heterocycles. The molecular weight excluding hydrogens is 352 g/mol. The second kappa shape index (κ2) is 7.57. The molecule has 0 N–H and O–H groups in total. The fourth-order valence-corrected chi connectivity index (χ4v) is 4.39. The molecule has 0 aromatic heterocycles. The van der Waals surface area contributed by atoms with Crippen molar-refractivity contribution >= 4 is 21.6 Å². The highest BCUT2D eigenvalue weighted by Gasteiger charge is 2.29. The minimum Gasteiger partial charge on any atom is -0.376 e. The van der Waals surface area contributed by atoms with Crippen LogP contribution in [0.25, 0.3) is 0 Å². The Morgan fingerprint density at radius 3 is 2.38 bits per heavy atom. The molecule has 0 radical (unpaired) electrons. The van der Waals surface area contributed by atoms with Crippen LogP contribution in [0.3, 0.4) is 0 Å². The first-order valence-electron chi connectivity index (χ1n) is 8.44. The summed E-state index contributed by atoms with van der Waals surface area (Å²) < 4.78 is 32.3. The topological polar surface area (TPSA) is 66.9 Å². The largest absolute Gasteiger partial charge is 0.376 e. The van der Waals surface area contributed by atoms with Gasteiger partial charge in [0.15, 0.2) is 0 Å². The second-order valence-corrected chi connectivity index (χ2v) is 8.21. The summed E-state index contributed by atoms with van der Waals surface area (Å²) in [5.41, 5.74) is 1.21. The van der Waals surface area contributed by atoms with E-state index in [4.69, 9.17) is 4.74 Å². The first kappa shape index (κ1) is 18.6. The molecule has 0 spiro atoms. The molecule has 26 heavy (non-hydrogen) atoms. The molecule has 2 aromatic rings. The molecule has 2 aromatic carbocycles. The number of carbonyl (C=O) groups is 1. The summed E-state index contributed by atoms with van der Waals surface area (Å²) in [5.74, 6) is -0.194. The van der Waals surface area contributed by atoms with Crippen LogP contribution in [0.15, 0.2) is 59.5 Å². The van der Waals surface area contributed by atoms with Crippen molar-refractivity contribution in [3.63, 3.8) is 0 Å². The van der Waals surface area contributed by atoms with E-state index in [-0.39, 0.29) is 16.9 Å². The molecule has 1 saturated heterocycles. The Balaban J connectivity index is 1.79. The fourth-order valence-electron chi connectivity index (χ4n) is 2.89. The minimum absolute atomic E-state index is 0.126. The minimum atomic E-state index is -3.58. The lowest BCUT2D eigenvalue weighted by atomic mass is 10.2. The predicted octanol–water partition coefficient (Wildman–Crippen LogP) is 2.37. The van der Waals surface area contributed by atoms with Crippen molar-refractivity contribution in [2.24, 2.45) is 0 Å². The quantitative estimate of drug-likeness (QED) is 0.824. The number of rotatable bonds is 4. The van der Waals surface area contributed by atoms with Crippen molar-refractivity contribution in [1.82, 2.24) is 4.31 Å². The number of hydrogen-bond donors (Lipinski definition) is 0. The lowest BCUT2D eigenvalue weighted by Gasteiger charge is -2.30. The van der Waals surface area contributed by atoms with Crippen LogP contribution in [-0.4, -0.2) is 51.5 Å². The van der Waals surface area contributed by atoms with Crippen LogP contribution < -0.4 is 4.90 Å². The summed E-state index contributed by atoms with van der Waals surface area (Å²) in [7, 11) is -1.89. The van der Waals surface area contributed by atoms with Crippen molar-refractivity contribution in [3.05, 3.63) is 60.2 Å². The third kappa shape index (κ3) is 3.80. The van der Waals surface area contributed by atoms with E-state index in [0.29, 0.717) is 25.3 Å². The van der Waals surface area contributed by atoms with E-state index in [1.807, 2.05) is 37.3 Å². The van der Waals surface area contributed by atoms with Gasteiger partial charge in [-0.2, -0.15) is 4.31 Å². The number of morpholine rings is 1. The lowest BCUT2D eigenvalue weighted by Crippen LogP contribution is -2.44. The van der Waals surface area contributed by atoms with Crippen molar-refractivity contribution in [3.8, 4) is 0 Å². The van der Waals surface area contributed by atoms with Crippen molar-refractivity contribution in [2.45, 2.75) is 17.9 Å². The highest BCUT2D eigenvalue weighted by molar-refractivity contribution is 7.89. The predicted molar refractivity (Wildman–Crippen MR) is 99.8 cm³/mol. The van der Waals surface area contributed by atoms with Gasteiger partial charge in [-0.25, -0.2) is 8.42 Å². The Morgan fingerprint density at radius 1 is 1.12 bits per heavy atom. The van der Waals surface area contributed by atoms with E-state index in [2.05, 4.69) is 0 Å². The monoisotopic (exact) mass is 374 g/mol. The van der Waals surface area contributed by atoms with Gasteiger partial charge in [-0.15, -0.1) is 0 Å². The number of anilines is 1. The van der Waals surface area contributed by atoms with Gasteiger partial charge in [-0.1, -0.05) is 18.2 Å². The molecule has 7 heteroatoms. The summed E-state index contributed by atoms with van der Waals surface area (Å²) in [6, 6.07) is 15.4. The third-order valence-electron chi connectivity index (χ3n) is 4.39. The Bertz CT molecular complexity index is 866. The zero-order valence-electron chi connectivity index (χ0n) is 14.8. The third-order valence-corrected chi connectivity index (χ3v) is 6.27. The Morgan fingerprint density at radius 2 is 1.77 bits per heavy atom. The maximum Gasteiger partial charge on any atom is 0.258 e. The SMILES string of the molecule is CC1CN(S(=O)(=O)c2ccc(C(=O)N(C)c3ccccc3)cc2)CCO1. The maximum atomic E-state index is 12.7. The molecule has 1 amide bonds. The van der Waals surface area contributed by atoms with Gasteiger partial charge in [0.05, 0.1) is 17.6 Å².